The van der Waals surface area contributed by atoms with Gasteiger partial charge in [-0.2, -0.15) is 0 Å². The van der Waals surface area contributed by atoms with Crippen molar-refractivity contribution in [2.75, 3.05) is 10.7 Å². The van der Waals surface area contributed by atoms with Crippen LogP contribution in [0.25, 0.3) is 0 Å². The molecular formula is C9H12N6O. The Morgan fingerprint density at radius 1 is 1.38 bits per heavy atom. The Bertz CT molecular complexity index is 469. The molecule has 0 amide bonds. The van der Waals surface area contributed by atoms with E-state index in [1.807, 2.05) is 13.0 Å². The molecule has 0 bridgehead atoms. The van der Waals surface area contributed by atoms with E-state index in [0.29, 0.717) is 18.2 Å². The van der Waals surface area contributed by atoms with E-state index in [1.54, 1.807) is 6.20 Å². The lowest BCUT2D eigenvalue weighted by molar-refractivity contribution is 0.384. The van der Waals surface area contributed by atoms with Crippen molar-refractivity contribution in [3.05, 3.63) is 29.9 Å². The van der Waals surface area contributed by atoms with Gasteiger partial charge >= 0.3 is 0 Å². The Balaban J connectivity index is 1.99. The first-order chi connectivity index (χ1) is 7.78. The summed E-state index contributed by atoms with van der Waals surface area (Å²) in [5, 5.41) is 6.83. The normalized spacial score (nSPS) is 10.1. The summed E-state index contributed by atoms with van der Waals surface area (Å²) in [7, 11) is 0. The molecule has 0 unspecified atom stereocenters. The number of aromatic nitrogens is 3. The molecule has 0 spiro atoms. The molecule has 84 valence electrons. The second-order valence-corrected chi connectivity index (χ2v) is 3.22. The van der Waals surface area contributed by atoms with Crippen LogP contribution >= 0.6 is 0 Å². The Kier molecular flexibility index (Phi) is 2.97. The summed E-state index contributed by atoms with van der Waals surface area (Å²) in [6.45, 7) is 2.37. The SMILES string of the molecule is Cc1cc(CNc2cncc(NN)n2)on1. The number of nitrogens with zero attached hydrogens (tertiary/aromatic N) is 3. The minimum atomic E-state index is 0.499. The van der Waals surface area contributed by atoms with Gasteiger partial charge in [0.25, 0.3) is 0 Å². The molecule has 2 heterocycles. The van der Waals surface area contributed by atoms with Crippen LogP contribution in [0.5, 0.6) is 0 Å². The van der Waals surface area contributed by atoms with E-state index in [0.717, 1.165) is 11.5 Å². The molecule has 4 N–H and O–H groups in total. The highest BCUT2D eigenvalue weighted by atomic mass is 16.5. The summed E-state index contributed by atoms with van der Waals surface area (Å²) < 4.78 is 5.04. The molecule has 2 aromatic rings. The van der Waals surface area contributed by atoms with Gasteiger partial charge in [0.2, 0.25) is 0 Å². The first kappa shape index (κ1) is 10.4. The fourth-order valence-electron chi connectivity index (χ4n) is 1.20. The van der Waals surface area contributed by atoms with Crippen LogP contribution in [0.1, 0.15) is 11.5 Å². The topological polar surface area (TPSA) is 102 Å². The van der Waals surface area contributed by atoms with E-state index in [-0.39, 0.29) is 0 Å². The van der Waals surface area contributed by atoms with Gasteiger partial charge in [0.15, 0.2) is 11.6 Å². The van der Waals surface area contributed by atoms with Crippen molar-refractivity contribution < 1.29 is 4.52 Å². The molecule has 0 aliphatic rings. The average molecular weight is 220 g/mol. The highest BCUT2D eigenvalue weighted by molar-refractivity contribution is 5.40. The Morgan fingerprint density at radius 2 is 2.19 bits per heavy atom. The van der Waals surface area contributed by atoms with Gasteiger partial charge in [0.05, 0.1) is 24.6 Å². The van der Waals surface area contributed by atoms with Crippen LogP contribution in [0.3, 0.4) is 0 Å². The summed E-state index contributed by atoms with van der Waals surface area (Å²) in [6, 6.07) is 1.85. The lowest BCUT2D eigenvalue weighted by Crippen LogP contribution is -2.10. The molecule has 0 fully saturated rings. The quantitative estimate of drug-likeness (QED) is 0.514. The monoisotopic (exact) mass is 220 g/mol. The van der Waals surface area contributed by atoms with Gasteiger partial charge in [-0.3, -0.25) is 4.98 Å². The Morgan fingerprint density at radius 3 is 2.88 bits per heavy atom. The van der Waals surface area contributed by atoms with E-state index < -0.39 is 0 Å². The van der Waals surface area contributed by atoms with Gasteiger partial charge in [-0.05, 0) is 6.92 Å². The molecule has 0 saturated heterocycles. The third-order valence-electron chi connectivity index (χ3n) is 1.90. The van der Waals surface area contributed by atoms with Crippen molar-refractivity contribution >= 4 is 11.6 Å². The molecule has 0 radical (unpaired) electrons. The van der Waals surface area contributed by atoms with Crippen LogP contribution in [-0.4, -0.2) is 15.1 Å². The van der Waals surface area contributed by atoms with E-state index in [1.165, 1.54) is 6.20 Å². The molecule has 2 aromatic heterocycles. The third kappa shape index (κ3) is 2.45. The van der Waals surface area contributed by atoms with Crippen LogP contribution in [0.15, 0.2) is 23.0 Å². The van der Waals surface area contributed by atoms with Crippen molar-refractivity contribution in [1.82, 2.24) is 15.1 Å². The van der Waals surface area contributed by atoms with E-state index in [9.17, 15) is 0 Å². The number of aryl methyl sites for hydroxylation is 1. The number of hydrogen-bond donors (Lipinski definition) is 3. The fraction of sp³-hybridized carbons (Fsp3) is 0.222. The molecule has 7 heteroatoms. The number of anilines is 2. The molecule has 0 atom stereocenters. The van der Waals surface area contributed by atoms with E-state index >= 15 is 0 Å². The number of nitrogens with two attached hydrogens (primary N) is 1. The van der Waals surface area contributed by atoms with E-state index in [4.69, 9.17) is 10.4 Å². The van der Waals surface area contributed by atoms with Gasteiger partial charge in [0.1, 0.15) is 5.82 Å². The van der Waals surface area contributed by atoms with Gasteiger partial charge < -0.3 is 15.3 Å². The molecule has 0 aliphatic carbocycles. The predicted molar refractivity (Wildman–Crippen MR) is 58.4 cm³/mol. The molecule has 0 saturated carbocycles. The number of nitrogen functional groups attached to an aromatic ring is 1. The second kappa shape index (κ2) is 4.58. The van der Waals surface area contributed by atoms with Crippen LogP contribution in [0.2, 0.25) is 0 Å². The van der Waals surface area contributed by atoms with Gasteiger partial charge in [0, 0.05) is 6.07 Å². The zero-order valence-corrected chi connectivity index (χ0v) is 8.77. The van der Waals surface area contributed by atoms with Gasteiger partial charge in [-0.15, -0.1) is 0 Å². The summed E-state index contributed by atoms with van der Waals surface area (Å²) in [4.78, 5) is 8.10. The first-order valence-electron chi connectivity index (χ1n) is 4.72. The van der Waals surface area contributed by atoms with Crippen molar-refractivity contribution in [2.24, 2.45) is 5.84 Å². The first-order valence-corrected chi connectivity index (χ1v) is 4.72. The maximum Gasteiger partial charge on any atom is 0.160 e. The fourth-order valence-corrected chi connectivity index (χ4v) is 1.20. The maximum atomic E-state index is 5.22. The van der Waals surface area contributed by atoms with E-state index in [2.05, 4.69) is 25.9 Å². The highest BCUT2D eigenvalue weighted by Gasteiger charge is 2.01. The molecule has 7 nitrogen and oxygen atoms in total. The van der Waals surface area contributed by atoms with Crippen LogP contribution in [0, 0.1) is 6.92 Å². The summed E-state index contributed by atoms with van der Waals surface area (Å²) in [5.41, 5.74) is 3.27. The van der Waals surface area contributed by atoms with Crippen molar-refractivity contribution in [3.63, 3.8) is 0 Å². The molecule has 0 aliphatic heterocycles. The minimum Gasteiger partial charge on any atom is -0.361 e. The summed E-state index contributed by atoms with van der Waals surface area (Å²) in [5.74, 6) is 7.08. The Hall–Kier alpha value is -2.15. The zero-order valence-electron chi connectivity index (χ0n) is 8.77. The molecular weight excluding hydrogens is 208 g/mol. The van der Waals surface area contributed by atoms with Crippen LogP contribution < -0.4 is 16.6 Å². The predicted octanol–water partition coefficient (Wildman–Crippen LogP) is 0.671. The number of hydrogen-bond acceptors (Lipinski definition) is 7. The Labute approximate surface area is 92.0 Å². The third-order valence-corrected chi connectivity index (χ3v) is 1.90. The number of hydrazine groups is 1. The smallest absolute Gasteiger partial charge is 0.160 e. The zero-order chi connectivity index (χ0) is 11.4. The van der Waals surface area contributed by atoms with Crippen molar-refractivity contribution in [2.45, 2.75) is 13.5 Å². The molecule has 16 heavy (non-hydrogen) atoms. The lowest BCUT2D eigenvalue weighted by Gasteiger charge is -2.03. The molecule has 2 rings (SSSR count). The second-order valence-electron chi connectivity index (χ2n) is 3.22. The number of nitrogens with one attached hydrogen (secondary N) is 2. The van der Waals surface area contributed by atoms with Gasteiger partial charge in [-0.25, -0.2) is 10.8 Å². The number of rotatable bonds is 4. The summed E-state index contributed by atoms with van der Waals surface area (Å²) >= 11 is 0. The highest BCUT2D eigenvalue weighted by Crippen LogP contribution is 2.08. The van der Waals surface area contributed by atoms with Crippen LogP contribution in [0.4, 0.5) is 11.6 Å². The average Bonchev–Trinajstić information content (AvgIpc) is 2.73. The van der Waals surface area contributed by atoms with Crippen molar-refractivity contribution in [3.8, 4) is 0 Å². The largest absolute Gasteiger partial charge is 0.361 e. The minimum absolute atomic E-state index is 0.499. The summed E-state index contributed by atoms with van der Waals surface area (Å²) in [6.07, 6.45) is 3.13. The molecule has 0 aromatic carbocycles. The van der Waals surface area contributed by atoms with Gasteiger partial charge in [-0.1, -0.05) is 5.16 Å². The van der Waals surface area contributed by atoms with Crippen LogP contribution in [-0.2, 0) is 6.54 Å². The lowest BCUT2D eigenvalue weighted by atomic mass is 10.4. The van der Waals surface area contributed by atoms with Crippen molar-refractivity contribution in [1.29, 1.82) is 0 Å². The standard InChI is InChI=1S/C9H12N6O/c1-6-2-7(16-15-6)3-12-8-4-11-5-9(13-8)14-10/h2,4-5H,3,10H2,1H3,(H2,12,13,14). The maximum absolute atomic E-state index is 5.22.